The molecular formula is C34H64NO2S-. The van der Waals surface area contributed by atoms with Crippen molar-refractivity contribution in [2.24, 2.45) is 5.14 Å². The summed E-state index contributed by atoms with van der Waals surface area (Å²) in [5.74, 6) is 0. The molecule has 0 amide bonds. The Hall–Kier alpha value is -0.710. The fraction of sp³-hybridized carbons (Fsp3) is 0.824. The third kappa shape index (κ3) is 28.3. The average Bonchev–Trinajstić information content (AvgIpc) is 2.90. The Bertz CT molecular complexity index is 571. The molecule has 0 saturated heterocycles. The molecule has 1 aromatic rings. The van der Waals surface area contributed by atoms with Gasteiger partial charge in [-0.2, -0.15) is 0 Å². The Labute approximate surface area is 241 Å². The van der Waals surface area contributed by atoms with Crippen molar-refractivity contribution in [3.63, 3.8) is 0 Å². The summed E-state index contributed by atoms with van der Waals surface area (Å²) in [6.07, 6.45) is 37.2. The Morgan fingerprint density at radius 3 is 0.947 bits per heavy atom. The molecule has 0 bridgehead atoms. The van der Waals surface area contributed by atoms with Crippen molar-refractivity contribution in [1.82, 2.24) is 0 Å². The lowest BCUT2D eigenvalue weighted by molar-refractivity contribution is 0.539. The summed E-state index contributed by atoms with van der Waals surface area (Å²) in [6.45, 7) is 4.61. The van der Waals surface area contributed by atoms with Gasteiger partial charge in [0.2, 0.25) is 0 Å². The summed E-state index contributed by atoms with van der Waals surface area (Å²) in [5, 5.41) is 4.03. The molecular weight excluding hydrogens is 486 g/mol. The zero-order chi connectivity index (χ0) is 27.9. The minimum Gasteiger partial charge on any atom is -0.760 e. The van der Waals surface area contributed by atoms with Gasteiger partial charge in [-0.1, -0.05) is 179 Å². The van der Waals surface area contributed by atoms with E-state index in [4.69, 9.17) is 8.76 Å². The molecule has 2 N–H and O–H groups in total. The topological polar surface area (TPSA) is 66.2 Å². The van der Waals surface area contributed by atoms with Crippen molar-refractivity contribution >= 4 is 11.3 Å². The fourth-order valence-electron chi connectivity index (χ4n) is 5.36. The summed E-state index contributed by atoms with van der Waals surface area (Å²) in [5.41, 5.74) is 3.27. The van der Waals surface area contributed by atoms with Crippen molar-refractivity contribution < 1.29 is 8.76 Å². The molecule has 0 heterocycles. The van der Waals surface area contributed by atoms with E-state index >= 15 is 0 Å². The van der Waals surface area contributed by atoms with Crippen LogP contribution in [0.1, 0.15) is 179 Å². The maximum Gasteiger partial charge on any atom is 0.0152 e. The van der Waals surface area contributed by atoms with Gasteiger partial charge in [-0.05, 0) is 36.8 Å². The minimum absolute atomic E-state index is 1.30. The van der Waals surface area contributed by atoms with Crippen LogP contribution in [0.25, 0.3) is 0 Å². The first kappa shape index (κ1) is 37.3. The summed E-state index contributed by atoms with van der Waals surface area (Å²) in [7, 11) is 0. The molecule has 0 aromatic heterocycles. The van der Waals surface area contributed by atoms with Crippen molar-refractivity contribution in [2.45, 2.75) is 181 Å². The van der Waals surface area contributed by atoms with E-state index in [0.29, 0.717) is 0 Å². The van der Waals surface area contributed by atoms with Gasteiger partial charge >= 0.3 is 0 Å². The lowest BCUT2D eigenvalue weighted by Crippen LogP contribution is -1.97. The van der Waals surface area contributed by atoms with Crippen LogP contribution in [0.5, 0.6) is 0 Å². The zero-order valence-corrected chi connectivity index (χ0v) is 26.3. The highest BCUT2D eigenvalue weighted by Crippen LogP contribution is 2.18. The van der Waals surface area contributed by atoms with Crippen LogP contribution in [0.3, 0.4) is 0 Å². The van der Waals surface area contributed by atoms with E-state index in [9.17, 15) is 0 Å². The maximum atomic E-state index is 8.78. The van der Waals surface area contributed by atoms with Crippen LogP contribution in [0.4, 0.5) is 0 Å². The number of hydrogen-bond acceptors (Lipinski definition) is 2. The van der Waals surface area contributed by atoms with Crippen molar-refractivity contribution in [2.75, 3.05) is 0 Å². The lowest BCUT2D eigenvalue weighted by Gasteiger charge is -2.10. The van der Waals surface area contributed by atoms with Crippen molar-refractivity contribution in [3.05, 3.63) is 35.4 Å². The lowest BCUT2D eigenvalue weighted by atomic mass is 9.96. The second kappa shape index (κ2) is 30.8. The first-order chi connectivity index (χ1) is 18.6. The second-order valence-electron chi connectivity index (χ2n) is 11.3. The van der Waals surface area contributed by atoms with Crippen LogP contribution in [-0.4, -0.2) is 8.76 Å². The Balaban J connectivity index is 0.00000318. The monoisotopic (exact) mass is 550 g/mol. The van der Waals surface area contributed by atoms with Crippen LogP contribution >= 0.6 is 0 Å². The van der Waals surface area contributed by atoms with Gasteiger partial charge in [0.15, 0.2) is 0 Å². The predicted octanol–water partition coefficient (Wildman–Crippen LogP) is 10.9. The molecule has 0 radical (unpaired) electrons. The SMILES string of the molecule is CCCCCCCCCCCCCCc1ccccc1CCCCCCCCCCCCCC.NS(=O)[O-]. The summed E-state index contributed by atoms with van der Waals surface area (Å²) in [4.78, 5) is 0. The number of benzene rings is 1. The first-order valence-electron chi connectivity index (χ1n) is 16.5. The third-order valence-electron chi connectivity index (χ3n) is 7.72. The fourth-order valence-corrected chi connectivity index (χ4v) is 5.36. The number of aryl methyl sites for hydroxylation is 2. The van der Waals surface area contributed by atoms with Gasteiger partial charge in [0.05, 0.1) is 0 Å². The van der Waals surface area contributed by atoms with E-state index in [1.807, 2.05) is 0 Å². The van der Waals surface area contributed by atoms with Crippen LogP contribution in [0.15, 0.2) is 24.3 Å². The Kier molecular flexibility index (Phi) is 30.3. The number of nitrogens with two attached hydrogens (primary N) is 1. The molecule has 0 spiro atoms. The van der Waals surface area contributed by atoms with E-state index in [1.54, 1.807) is 11.1 Å². The van der Waals surface area contributed by atoms with Crippen LogP contribution < -0.4 is 5.14 Å². The smallest absolute Gasteiger partial charge is 0.0152 e. The van der Waals surface area contributed by atoms with Crippen LogP contribution in [-0.2, 0) is 24.1 Å². The van der Waals surface area contributed by atoms with Gasteiger partial charge in [0.25, 0.3) is 0 Å². The van der Waals surface area contributed by atoms with Crippen LogP contribution in [0.2, 0.25) is 0 Å². The molecule has 1 rings (SSSR count). The summed E-state index contributed by atoms with van der Waals surface area (Å²) >= 11 is -2.36. The second-order valence-corrected chi connectivity index (χ2v) is 11.8. The first-order valence-corrected chi connectivity index (χ1v) is 17.7. The van der Waals surface area contributed by atoms with E-state index < -0.39 is 11.3 Å². The van der Waals surface area contributed by atoms with Gasteiger partial charge in [-0.3, -0.25) is 9.35 Å². The minimum atomic E-state index is -2.36. The maximum absolute atomic E-state index is 8.78. The molecule has 224 valence electrons. The molecule has 0 saturated carbocycles. The van der Waals surface area contributed by atoms with Gasteiger partial charge in [-0.15, -0.1) is 0 Å². The number of hydrogen-bond donors (Lipinski definition) is 1. The van der Waals surface area contributed by atoms with E-state index in [-0.39, 0.29) is 0 Å². The zero-order valence-electron chi connectivity index (χ0n) is 25.5. The summed E-state index contributed by atoms with van der Waals surface area (Å²) < 4.78 is 17.6. The van der Waals surface area contributed by atoms with Gasteiger partial charge in [-0.25, -0.2) is 0 Å². The largest absolute Gasteiger partial charge is 0.760 e. The number of rotatable bonds is 26. The molecule has 1 unspecified atom stereocenters. The highest BCUT2D eigenvalue weighted by atomic mass is 32.2. The van der Waals surface area contributed by atoms with Gasteiger partial charge in [0.1, 0.15) is 0 Å². The molecule has 0 aliphatic rings. The van der Waals surface area contributed by atoms with Crippen molar-refractivity contribution in [3.8, 4) is 0 Å². The quantitative estimate of drug-likeness (QED) is 0.0920. The van der Waals surface area contributed by atoms with Gasteiger partial charge < -0.3 is 4.55 Å². The van der Waals surface area contributed by atoms with E-state index in [0.717, 1.165) is 0 Å². The van der Waals surface area contributed by atoms with E-state index in [1.165, 1.54) is 167 Å². The molecule has 0 aliphatic heterocycles. The molecule has 0 aliphatic carbocycles. The molecule has 1 atom stereocenters. The molecule has 38 heavy (non-hydrogen) atoms. The standard InChI is InChI=1S/C34H62.H3NO2S/c1-3-5-7-9-11-13-15-17-19-21-23-25-29-33-31-27-28-32-34(33)30-26-24-22-20-18-16-14-12-10-8-6-4-2;1-4(2)3/h27-28,31-32H,3-26,29-30H2,1-2H3;1H2,(H,2,3)/p-1. The highest BCUT2D eigenvalue weighted by Gasteiger charge is 2.02. The summed E-state index contributed by atoms with van der Waals surface area (Å²) in [6, 6.07) is 9.30. The normalized spacial score (nSPS) is 11.8. The predicted molar refractivity (Wildman–Crippen MR) is 169 cm³/mol. The molecule has 3 nitrogen and oxygen atoms in total. The molecule has 4 heteroatoms. The highest BCUT2D eigenvalue weighted by molar-refractivity contribution is 7.76. The molecule has 1 aromatic carbocycles. The van der Waals surface area contributed by atoms with Crippen molar-refractivity contribution in [1.29, 1.82) is 0 Å². The molecule has 0 fully saturated rings. The van der Waals surface area contributed by atoms with E-state index in [2.05, 4.69) is 43.3 Å². The Morgan fingerprint density at radius 2 is 0.711 bits per heavy atom. The average molecular weight is 551 g/mol. The van der Waals surface area contributed by atoms with Crippen LogP contribution in [0, 0.1) is 0 Å². The third-order valence-corrected chi connectivity index (χ3v) is 7.72. The Morgan fingerprint density at radius 1 is 0.500 bits per heavy atom. The van der Waals surface area contributed by atoms with Gasteiger partial charge in [0, 0.05) is 11.3 Å². The number of unbranched alkanes of at least 4 members (excludes halogenated alkanes) is 22.